The molecule has 0 spiro atoms. The van der Waals surface area contributed by atoms with Crippen molar-refractivity contribution in [1.29, 1.82) is 0 Å². The van der Waals surface area contributed by atoms with E-state index >= 15 is 0 Å². The molecule has 4 N–H and O–H groups in total. The Kier molecular flexibility index (Phi) is 4.89. The molecular formula is C11H20N2O4. The molecule has 1 unspecified atom stereocenters. The van der Waals surface area contributed by atoms with Gasteiger partial charge in [-0.05, 0) is 19.3 Å². The van der Waals surface area contributed by atoms with Crippen molar-refractivity contribution in [3.8, 4) is 0 Å². The highest BCUT2D eigenvalue weighted by Gasteiger charge is 2.40. The summed E-state index contributed by atoms with van der Waals surface area (Å²) in [6.07, 6.45) is 2.26. The lowest BCUT2D eigenvalue weighted by atomic mass is 9.74. The van der Waals surface area contributed by atoms with Crippen LogP contribution in [-0.4, -0.2) is 42.3 Å². The average Bonchev–Trinajstić information content (AvgIpc) is 2.22. The molecule has 0 aromatic rings. The summed E-state index contributed by atoms with van der Waals surface area (Å²) in [4.78, 5) is 22.4. The van der Waals surface area contributed by atoms with Crippen molar-refractivity contribution in [3.05, 3.63) is 0 Å². The predicted octanol–water partition coefficient (Wildman–Crippen LogP) is -0.136. The summed E-state index contributed by atoms with van der Waals surface area (Å²) in [6, 6.07) is 0. The van der Waals surface area contributed by atoms with E-state index < -0.39 is 11.5 Å². The molecule has 0 aliphatic heterocycles. The topological polar surface area (TPSA) is 102 Å². The zero-order valence-electron chi connectivity index (χ0n) is 10.1. The molecule has 0 saturated heterocycles. The Bertz CT molecular complexity index is 285. The van der Waals surface area contributed by atoms with Gasteiger partial charge in [0.25, 0.3) is 0 Å². The van der Waals surface area contributed by atoms with Crippen molar-refractivity contribution in [2.45, 2.75) is 43.7 Å². The summed E-state index contributed by atoms with van der Waals surface area (Å²) in [7, 11) is 1.50. The fraction of sp³-hybridized carbons (Fsp3) is 0.818. The van der Waals surface area contributed by atoms with Gasteiger partial charge in [-0.15, -0.1) is 0 Å². The van der Waals surface area contributed by atoms with E-state index in [1.165, 1.54) is 7.11 Å². The van der Waals surface area contributed by atoms with E-state index in [9.17, 15) is 9.59 Å². The minimum Gasteiger partial charge on any atom is -0.481 e. The van der Waals surface area contributed by atoms with Gasteiger partial charge in [-0.1, -0.05) is 0 Å². The van der Waals surface area contributed by atoms with E-state index in [0.29, 0.717) is 0 Å². The lowest BCUT2D eigenvalue weighted by Crippen LogP contribution is -2.55. The zero-order valence-corrected chi connectivity index (χ0v) is 10.1. The van der Waals surface area contributed by atoms with Gasteiger partial charge in [0.2, 0.25) is 5.91 Å². The van der Waals surface area contributed by atoms with Crippen molar-refractivity contribution in [2.75, 3.05) is 13.7 Å². The van der Waals surface area contributed by atoms with E-state index in [2.05, 4.69) is 5.32 Å². The van der Waals surface area contributed by atoms with E-state index in [1.807, 2.05) is 0 Å². The Balaban J connectivity index is 2.45. The molecule has 6 heteroatoms. The summed E-state index contributed by atoms with van der Waals surface area (Å²) >= 11 is 0. The molecule has 1 aliphatic carbocycles. The molecule has 6 nitrogen and oxygen atoms in total. The van der Waals surface area contributed by atoms with E-state index in [1.54, 1.807) is 0 Å². The Hall–Kier alpha value is -1.14. The van der Waals surface area contributed by atoms with Gasteiger partial charge in [-0.3, -0.25) is 9.59 Å². The predicted molar refractivity (Wildman–Crippen MR) is 61.4 cm³/mol. The van der Waals surface area contributed by atoms with Crippen molar-refractivity contribution in [1.82, 2.24) is 5.32 Å². The van der Waals surface area contributed by atoms with Gasteiger partial charge >= 0.3 is 5.97 Å². The highest BCUT2D eigenvalue weighted by Crippen LogP contribution is 2.35. The van der Waals surface area contributed by atoms with Crippen LogP contribution in [0, 0.1) is 0 Å². The van der Waals surface area contributed by atoms with Gasteiger partial charge in [0.15, 0.2) is 0 Å². The average molecular weight is 244 g/mol. The maximum absolute atomic E-state index is 11.7. The van der Waals surface area contributed by atoms with Crippen LogP contribution in [0.3, 0.4) is 0 Å². The second-order valence-electron chi connectivity index (χ2n) is 4.55. The maximum atomic E-state index is 11.7. The number of ether oxygens (including phenoxy) is 1. The molecule has 1 saturated carbocycles. The standard InChI is InChI=1S/C11H20N2O4/c1-17-8(7-12)5-9(14)13-11(3-2-4-11)6-10(15)16/h8H,2-7,12H2,1H3,(H,13,14)(H,15,16). The first-order chi connectivity index (χ1) is 8.01. The molecule has 1 atom stereocenters. The number of carbonyl (C=O) groups excluding carboxylic acids is 1. The van der Waals surface area contributed by atoms with Gasteiger partial charge in [0.1, 0.15) is 0 Å². The van der Waals surface area contributed by atoms with Crippen LogP contribution in [0.2, 0.25) is 0 Å². The lowest BCUT2D eigenvalue weighted by molar-refractivity contribution is -0.140. The SMILES string of the molecule is COC(CN)CC(=O)NC1(CC(=O)O)CCC1. The van der Waals surface area contributed by atoms with E-state index in [4.69, 9.17) is 15.6 Å². The Labute approximate surface area is 101 Å². The first-order valence-electron chi connectivity index (χ1n) is 5.77. The minimum absolute atomic E-state index is 0.0149. The van der Waals surface area contributed by atoms with Crippen LogP contribution < -0.4 is 11.1 Å². The molecular weight excluding hydrogens is 224 g/mol. The molecule has 0 aromatic carbocycles. The van der Waals surface area contributed by atoms with Crippen LogP contribution in [0.4, 0.5) is 0 Å². The third-order valence-electron chi connectivity index (χ3n) is 3.21. The number of hydrogen-bond acceptors (Lipinski definition) is 4. The van der Waals surface area contributed by atoms with Crippen LogP contribution in [-0.2, 0) is 14.3 Å². The Morgan fingerprint density at radius 2 is 2.18 bits per heavy atom. The van der Waals surface area contributed by atoms with Gasteiger partial charge in [-0.25, -0.2) is 0 Å². The lowest BCUT2D eigenvalue weighted by Gasteiger charge is -2.41. The van der Waals surface area contributed by atoms with Gasteiger partial charge in [-0.2, -0.15) is 0 Å². The summed E-state index contributed by atoms with van der Waals surface area (Å²) in [6.45, 7) is 0.274. The molecule has 0 aromatic heterocycles. The van der Waals surface area contributed by atoms with Crippen LogP contribution in [0.15, 0.2) is 0 Å². The number of nitrogens with two attached hydrogens (primary N) is 1. The van der Waals surface area contributed by atoms with Crippen molar-refractivity contribution in [2.24, 2.45) is 5.73 Å². The summed E-state index contributed by atoms with van der Waals surface area (Å²) < 4.78 is 5.02. The third kappa shape index (κ3) is 3.98. The smallest absolute Gasteiger partial charge is 0.305 e. The molecule has 17 heavy (non-hydrogen) atoms. The monoisotopic (exact) mass is 244 g/mol. The quantitative estimate of drug-likeness (QED) is 0.578. The second kappa shape index (κ2) is 5.97. The number of rotatable bonds is 7. The normalized spacial score (nSPS) is 19.2. The summed E-state index contributed by atoms with van der Waals surface area (Å²) in [5.41, 5.74) is 4.88. The third-order valence-corrected chi connectivity index (χ3v) is 3.21. The number of hydrogen-bond donors (Lipinski definition) is 3. The van der Waals surface area contributed by atoms with Gasteiger partial charge < -0.3 is 20.9 Å². The number of methoxy groups -OCH3 is 1. The van der Waals surface area contributed by atoms with Crippen molar-refractivity contribution < 1.29 is 19.4 Å². The first-order valence-corrected chi connectivity index (χ1v) is 5.77. The number of carboxylic acid groups (broad SMARTS) is 1. The summed E-state index contributed by atoms with van der Waals surface area (Å²) in [5.74, 6) is -1.07. The second-order valence-corrected chi connectivity index (χ2v) is 4.55. The van der Waals surface area contributed by atoms with Crippen LogP contribution in [0.5, 0.6) is 0 Å². The highest BCUT2D eigenvalue weighted by atomic mass is 16.5. The van der Waals surface area contributed by atoms with Crippen LogP contribution in [0.1, 0.15) is 32.1 Å². The number of carbonyl (C=O) groups is 2. The molecule has 98 valence electrons. The molecule has 1 fully saturated rings. The largest absolute Gasteiger partial charge is 0.481 e. The fourth-order valence-corrected chi connectivity index (χ4v) is 2.06. The molecule has 1 rings (SSSR count). The Morgan fingerprint density at radius 3 is 2.53 bits per heavy atom. The summed E-state index contributed by atoms with van der Waals surface area (Å²) in [5, 5.41) is 11.6. The number of carboxylic acids is 1. The number of nitrogens with one attached hydrogen (secondary N) is 1. The highest BCUT2D eigenvalue weighted by molar-refractivity contribution is 5.79. The van der Waals surface area contributed by atoms with Crippen LogP contribution in [0.25, 0.3) is 0 Å². The van der Waals surface area contributed by atoms with Crippen molar-refractivity contribution >= 4 is 11.9 Å². The minimum atomic E-state index is -0.882. The Morgan fingerprint density at radius 1 is 1.53 bits per heavy atom. The van der Waals surface area contributed by atoms with Gasteiger partial charge in [0, 0.05) is 13.7 Å². The van der Waals surface area contributed by atoms with Crippen LogP contribution >= 0.6 is 0 Å². The molecule has 1 amide bonds. The number of aliphatic carboxylic acids is 1. The van der Waals surface area contributed by atoms with Crippen molar-refractivity contribution in [3.63, 3.8) is 0 Å². The van der Waals surface area contributed by atoms with Gasteiger partial charge in [0.05, 0.1) is 24.5 Å². The molecule has 1 aliphatic rings. The molecule has 0 bridgehead atoms. The first kappa shape index (κ1) is 13.9. The van der Waals surface area contributed by atoms with E-state index in [0.717, 1.165) is 19.3 Å². The molecule has 0 heterocycles. The zero-order chi connectivity index (χ0) is 12.9. The maximum Gasteiger partial charge on any atom is 0.305 e. The number of amides is 1. The molecule has 0 radical (unpaired) electrons. The fourth-order valence-electron chi connectivity index (χ4n) is 2.06. The van der Waals surface area contributed by atoms with E-state index in [-0.39, 0.29) is 31.4 Å².